The molecule has 8 rings (SSSR count). The van der Waals surface area contributed by atoms with Gasteiger partial charge in [0.2, 0.25) is 5.91 Å². The molecule has 3 aromatic carbocycles. The van der Waals surface area contributed by atoms with E-state index >= 15 is 0 Å². The van der Waals surface area contributed by atoms with E-state index in [1.807, 2.05) is 72.8 Å². The summed E-state index contributed by atoms with van der Waals surface area (Å²) in [6, 6.07) is 22.8. The normalized spacial score (nSPS) is 24.5. The molecule has 57 heavy (non-hydrogen) atoms. The fourth-order valence-electron chi connectivity index (χ4n) is 9.97. The Morgan fingerprint density at radius 1 is 0.719 bits per heavy atom. The topological polar surface area (TPSA) is 181 Å². The summed E-state index contributed by atoms with van der Waals surface area (Å²) in [5.41, 5.74) is 17.2. The fourth-order valence-corrected chi connectivity index (χ4v) is 9.97. The molecule has 0 heterocycles. The number of nitrogens with one attached hydrogen (secondary N) is 1. The van der Waals surface area contributed by atoms with Gasteiger partial charge in [-0.25, -0.2) is 5.84 Å². The molecule has 0 aromatic heterocycles. The van der Waals surface area contributed by atoms with Crippen molar-refractivity contribution < 1.29 is 33.3 Å². The molecule has 4 saturated carbocycles. The molecule has 0 saturated heterocycles. The minimum atomic E-state index is -0.504. The molecule has 3 aromatic rings. The van der Waals surface area contributed by atoms with Gasteiger partial charge in [0, 0.05) is 35.4 Å². The molecule has 0 aliphatic heterocycles. The van der Waals surface area contributed by atoms with Crippen molar-refractivity contribution in [2.45, 2.75) is 69.2 Å². The Morgan fingerprint density at radius 3 is 1.98 bits per heavy atom. The van der Waals surface area contributed by atoms with Gasteiger partial charge in [-0.15, -0.1) is 0 Å². The van der Waals surface area contributed by atoms with E-state index in [0.717, 1.165) is 59.3 Å². The van der Waals surface area contributed by atoms with Gasteiger partial charge in [0.15, 0.2) is 0 Å². The first kappa shape index (κ1) is 40.4. The van der Waals surface area contributed by atoms with E-state index in [1.165, 1.54) is 19.3 Å². The largest absolute Gasteiger partial charge is 0.490 e. The van der Waals surface area contributed by atoms with Crippen LogP contribution in [0, 0.1) is 17.8 Å². The molecule has 0 radical (unpaired) electrons. The first-order valence-electron chi connectivity index (χ1n) is 20.5. The number of benzene rings is 3. The van der Waals surface area contributed by atoms with E-state index in [9.17, 15) is 14.4 Å². The van der Waals surface area contributed by atoms with Crippen molar-refractivity contribution in [2.24, 2.45) is 35.1 Å². The molecule has 304 valence electrons. The lowest BCUT2D eigenvalue weighted by Crippen LogP contribution is -2.59. The number of nitrogens with two attached hydrogens (primary N) is 3. The number of ether oxygens (including phenoxy) is 4. The van der Waals surface area contributed by atoms with Crippen LogP contribution in [-0.4, -0.2) is 80.9 Å². The van der Waals surface area contributed by atoms with Crippen molar-refractivity contribution in [3.63, 3.8) is 0 Å². The maximum atomic E-state index is 13.5. The number of primary amides is 1. The van der Waals surface area contributed by atoms with Crippen LogP contribution in [0.2, 0.25) is 0 Å². The van der Waals surface area contributed by atoms with Crippen LogP contribution in [0.15, 0.2) is 72.8 Å². The second kappa shape index (κ2) is 18.7. The second-order valence-electron chi connectivity index (χ2n) is 16.2. The smallest absolute Gasteiger partial charge is 0.255 e. The molecule has 7 N–H and O–H groups in total. The SMILES string of the molecule is NC(=O)CCC(=O)C1Cc2ccccc2/C(N(N)CCOCCOCCOCCOc2ccccc2C(=O)NC23CC4CC(CC(C4)C2)C3)=C(/N)c2ccccc21. The van der Waals surface area contributed by atoms with E-state index < -0.39 is 11.8 Å². The summed E-state index contributed by atoms with van der Waals surface area (Å²) < 4.78 is 23.3. The summed E-state index contributed by atoms with van der Waals surface area (Å²) in [4.78, 5) is 38.3. The van der Waals surface area contributed by atoms with E-state index in [0.29, 0.717) is 81.9 Å². The Hall–Kier alpha value is -4.75. The first-order valence-corrected chi connectivity index (χ1v) is 20.5. The van der Waals surface area contributed by atoms with Crippen molar-refractivity contribution in [1.82, 2.24) is 10.3 Å². The van der Waals surface area contributed by atoms with Crippen LogP contribution < -0.4 is 27.4 Å². The zero-order valence-corrected chi connectivity index (χ0v) is 32.8. The van der Waals surface area contributed by atoms with Crippen LogP contribution in [0.1, 0.15) is 89.9 Å². The lowest BCUT2D eigenvalue weighted by atomic mass is 9.53. The Bertz CT molecular complexity index is 1900. The van der Waals surface area contributed by atoms with E-state index in [1.54, 1.807) is 5.01 Å². The number of rotatable bonds is 20. The predicted molar refractivity (Wildman–Crippen MR) is 217 cm³/mol. The monoisotopic (exact) mass is 779 g/mol. The lowest BCUT2D eigenvalue weighted by Gasteiger charge is -2.56. The van der Waals surface area contributed by atoms with Crippen LogP contribution in [-0.2, 0) is 30.2 Å². The minimum Gasteiger partial charge on any atom is -0.490 e. The van der Waals surface area contributed by atoms with Crippen molar-refractivity contribution in [2.75, 3.05) is 52.8 Å². The molecule has 4 bridgehead atoms. The number of para-hydroxylation sites is 1. The Morgan fingerprint density at radius 2 is 1.30 bits per heavy atom. The highest BCUT2D eigenvalue weighted by Crippen LogP contribution is 2.55. The third kappa shape index (κ3) is 9.87. The zero-order chi connectivity index (χ0) is 39.8. The van der Waals surface area contributed by atoms with Crippen LogP contribution in [0.4, 0.5) is 0 Å². The van der Waals surface area contributed by atoms with Crippen LogP contribution in [0.3, 0.4) is 0 Å². The number of carbonyl (C=O) groups excluding carboxylic acids is 3. The zero-order valence-electron chi connectivity index (χ0n) is 32.8. The number of carbonyl (C=O) groups is 3. The van der Waals surface area contributed by atoms with Gasteiger partial charge in [-0.05, 0) is 86.0 Å². The number of Topliss-reactive ketones (excluding diaryl/α,β-unsaturated/α-hetero) is 1. The van der Waals surface area contributed by atoms with Crippen molar-refractivity contribution in [3.05, 3.63) is 101 Å². The van der Waals surface area contributed by atoms with Gasteiger partial charge in [-0.1, -0.05) is 60.7 Å². The quantitative estimate of drug-likeness (QED) is 0.0696. The molecule has 5 aliphatic carbocycles. The van der Waals surface area contributed by atoms with Crippen LogP contribution in [0.25, 0.3) is 11.4 Å². The highest BCUT2D eigenvalue weighted by molar-refractivity contribution is 5.97. The highest BCUT2D eigenvalue weighted by Gasteiger charge is 2.51. The first-order chi connectivity index (χ1) is 27.7. The van der Waals surface area contributed by atoms with E-state index in [4.69, 9.17) is 36.3 Å². The number of hydrogen-bond donors (Lipinski definition) is 4. The maximum absolute atomic E-state index is 13.5. The third-order valence-electron chi connectivity index (χ3n) is 12.1. The molecule has 1 atom stereocenters. The number of hydrogen-bond acceptors (Lipinski definition) is 10. The predicted octanol–water partition coefficient (Wildman–Crippen LogP) is 4.95. The number of amides is 2. The van der Waals surface area contributed by atoms with E-state index in [-0.39, 0.29) is 30.1 Å². The summed E-state index contributed by atoms with van der Waals surface area (Å²) in [7, 11) is 0. The average Bonchev–Trinajstić information content (AvgIpc) is 3.19. The fraction of sp³-hybridized carbons (Fsp3) is 0.489. The summed E-state index contributed by atoms with van der Waals surface area (Å²) in [6.45, 7) is 2.98. The van der Waals surface area contributed by atoms with Gasteiger partial charge in [0.1, 0.15) is 18.1 Å². The summed E-state index contributed by atoms with van der Waals surface area (Å²) in [5.74, 6) is 8.45. The molecule has 1 unspecified atom stereocenters. The molecule has 12 heteroatoms. The number of hydrazine groups is 1. The summed E-state index contributed by atoms with van der Waals surface area (Å²) in [6.07, 6.45) is 7.84. The summed E-state index contributed by atoms with van der Waals surface area (Å²) >= 11 is 0. The third-order valence-corrected chi connectivity index (χ3v) is 12.1. The van der Waals surface area contributed by atoms with Crippen molar-refractivity contribution >= 4 is 29.0 Å². The van der Waals surface area contributed by atoms with Gasteiger partial charge < -0.3 is 40.7 Å². The number of nitrogens with zero attached hydrogens (tertiary/aromatic N) is 1. The average molecular weight is 780 g/mol. The van der Waals surface area contributed by atoms with Gasteiger partial charge >= 0.3 is 0 Å². The van der Waals surface area contributed by atoms with Crippen molar-refractivity contribution in [3.8, 4) is 5.75 Å². The molecular formula is C45H57N5O7. The van der Waals surface area contributed by atoms with Crippen molar-refractivity contribution in [1.29, 1.82) is 0 Å². The van der Waals surface area contributed by atoms with Gasteiger partial charge in [-0.3, -0.25) is 14.4 Å². The van der Waals surface area contributed by atoms with Crippen LogP contribution >= 0.6 is 0 Å². The second-order valence-corrected chi connectivity index (χ2v) is 16.2. The maximum Gasteiger partial charge on any atom is 0.255 e. The lowest BCUT2D eigenvalue weighted by molar-refractivity contribution is -0.124. The highest BCUT2D eigenvalue weighted by atomic mass is 16.6. The van der Waals surface area contributed by atoms with Crippen LogP contribution in [0.5, 0.6) is 5.75 Å². The standard InChI is InChI=1S/C45H57N5O7/c46-41(52)14-13-39(51)38-26-33-7-1-2-8-34(33)43(42(47)36-10-4-3-9-35(36)38)50(48)15-16-54-17-18-55-19-20-56-21-22-57-40-12-6-5-11-37(40)44(53)49-45-27-30-23-31(28-45)25-32(24-30)29-45/h1-12,30-32,38H,13-29,47-48H2,(H2,46,52)(H,49,53)/b43-42-. The Labute approximate surface area is 335 Å². The van der Waals surface area contributed by atoms with Gasteiger partial charge in [0.25, 0.3) is 5.91 Å². The number of fused-ring (bicyclic) bond motifs is 2. The Kier molecular flexibility index (Phi) is 13.2. The minimum absolute atomic E-state index is 0.000605. The molecule has 5 aliphatic rings. The Balaban J connectivity index is 0.816. The molecule has 2 amide bonds. The molecule has 12 nitrogen and oxygen atoms in total. The summed E-state index contributed by atoms with van der Waals surface area (Å²) in [5, 5.41) is 5.06. The molecule has 0 spiro atoms. The van der Waals surface area contributed by atoms with E-state index in [2.05, 4.69) is 5.32 Å². The number of ketones is 1. The van der Waals surface area contributed by atoms with Gasteiger partial charge in [0.05, 0.1) is 63.1 Å². The molecular weight excluding hydrogens is 723 g/mol. The van der Waals surface area contributed by atoms with Gasteiger partial charge in [-0.2, -0.15) is 0 Å². The molecule has 4 fully saturated rings.